The molecule has 1 atom stereocenters. The lowest BCUT2D eigenvalue weighted by molar-refractivity contribution is -0.114. The Labute approximate surface area is 199 Å². The second kappa shape index (κ2) is 8.43. The molecule has 0 amide bonds. The van der Waals surface area contributed by atoms with Gasteiger partial charge in [-0.15, -0.1) is 0 Å². The molecule has 0 unspecified atom stereocenters. The largest absolute Gasteiger partial charge is 0.508 e. The summed E-state index contributed by atoms with van der Waals surface area (Å²) in [4.78, 5) is 31.8. The van der Waals surface area contributed by atoms with Crippen LogP contribution in [-0.2, 0) is 4.79 Å². The molecule has 3 aromatic carbocycles. The molecule has 0 aliphatic carbocycles. The van der Waals surface area contributed by atoms with Gasteiger partial charge in [-0.05, 0) is 54.5 Å². The standard InChI is InChI=1S/C27H22N2O4S/c1-15-23(16(2)30)25(24-20-10-5-4-8-18(20)11-12-21(24)33-3)29-26(32)22(34-27(29)28-15)14-17-7-6-9-19(31)13-17/h4-14,25,31H,1-3H3/b22-14-/t25-/m1/s1. The topological polar surface area (TPSA) is 80.9 Å². The van der Waals surface area contributed by atoms with Crippen molar-refractivity contribution in [3.63, 3.8) is 0 Å². The normalized spacial score (nSPS) is 15.9. The van der Waals surface area contributed by atoms with Gasteiger partial charge in [0, 0.05) is 16.8 Å². The van der Waals surface area contributed by atoms with Crippen molar-refractivity contribution in [3.05, 3.63) is 103 Å². The van der Waals surface area contributed by atoms with Crippen LogP contribution in [0.5, 0.6) is 11.5 Å². The number of aromatic nitrogens is 1. The molecule has 0 fully saturated rings. The number of Topliss-reactive ketones (excluding diaryl/α,β-unsaturated/α-hetero) is 1. The zero-order chi connectivity index (χ0) is 24.0. The fourth-order valence-electron chi connectivity index (χ4n) is 4.55. The van der Waals surface area contributed by atoms with E-state index >= 15 is 0 Å². The SMILES string of the molecule is COc1ccc2ccccc2c1[C@H]1C(C(C)=O)=C(C)N=c2s/c(=C\c3cccc(O)c3)c(=O)n21. The lowest BCUT2D eigenvalue weighted by atomic mass is 9.89. The summed E-state index contributed by atoms with van der Waals surface area (Å²) in [5.41, 5.74) is 2.25. The number of phenolic OH excluding ortho intramolecular Hbond substituents is 1. The Hall–Kier alpha value is -3.97. The van der Waals surface area contributed by atoms with Crippen molar-refractivity contribution in [2.24, 2.45) is 4.99 Å². The van der Waals surface area contributed by atoms with Gasteiger partial charge in [-0.25, -0.2) is 4.99 Å². The number of benzene rings is 3. The number of ether oxygens (including phenoxy) is 1. The fraction of sp³-hybridized carbons (Fsp3) is 0.148. The predicted molar refractivity (Wildman–Crippen MR) is 133 cm³/mol. The molecule has 4 aromatic rings. The second-order valence-corrected chi connectivity index (χ2v) is 9.14. The number of methoxy groups -OCH3 is 1. The molecule has 0 radical (unpaired) electrons. The van der Waals surface area contributed by atoms with Gasteiger partial charge in [0.2, 0.25) is 0 Å². The number of phenols is 1. The average Bonchev–Trinajstić information content (AvgIpc) is 3.11. The number of rotatable bonds is 4. The number of allylic oxidation sites excluding steroid dienone is 2. The first-order valence-corrected chi connectivity index (χ1v) is 11.6. The van der Waals surface area contributed by atoms with Crippen molar-refractivity contribution in [2.75, 3.05) is 7.11 Å². The van der Waals surface area contributed by atoms with E-state index in [0.717, 1.165) is 16.3 Å². The van der Waals surface area contributed by atoms with Crippen molar-refractivity contribution in [1.82, 2.24) is 4.57 Å². The molecule has 7 heteroatoms. The first kappa shape index (κ1) is 21.9. The van der Waals surface area contributed by atoms with E-state index in [1.54, 1.807) is 42.9 Å². The smallest absolute Gasteiger partial charge is 0.271 e. The highest BCUT2D eigenvalue weighted by Gasteiger charge is 2.33. The third kappa shape index (κ3) is 3.54. The molecule has 1 aliphatic heterocycles. The van der Waals surface area contributed by atoms with E-state index in [9.17, 15) is 14.7 Å². The molecule has 6 nitrogen and oxygen atoms in total. The number of hydrogen-bond acceptors (Lipinski definition) is 6. The summed E-state index contributed by atoms with van der Waals surface area (Å²) in [6.07, 6.45) is 1.73. The van der Waals surface area contributed by atoms with Crippen LogP contribution in [0.1, 0.15) is 31.0 Å². The highest BCUT2D eigenvalue weighted by molar-refractivity contribution is 7.07. The van der Waals surface area contributed by atoms with Crippen LogP contribution >= 0.6 is 11.3 Å². The van der Waals surface area contributed by atoms with Crippen LogP contribution in [-0.4, -0.2) is 22.6 Å². The summed E-state index contributed by atoms with van der Waals surface area (Å²) >= 11 is 1.26. The molecule has 0 bridgehead atoms. The average molecular weight is 471 g/mol. The monoisotopic (exact) mass is 470 g/mol. The number of aromatic hydroxyl groups is 1. The Morgan fingerprint density at radius 1 is 1.15 bits per heavy atom. The van der Waals surface area contributed by atoms with Crippen LogP contribution in [0.2, 0.25) is 0 Å². The van der Waals surface area contributed by atoms with E-state index in [1.807, 2.05) is 42.5 Å². The minimum absolute atomic E-state index is 0.120. The quantitative estimate of drug-likeness (QED) is 0.493. The Balaban J connectivity index is 1.87. The molecule has 34 heavy (non-hydrogen) atoms. The minimum atomic E-state index is -0.680. The Morgan fingerprint density at radius 3 is 2.68 bits per heavy atom. The molecule has 0 saturated heterocycles. The van der Waals surface area contributed by atoms with Crippen LogP contribution in [0.4, 0.5) is 0 Å². The summed E-state index contributed by atoms with van der Waals surface area (Å²) < 4.78 is 7.78. The van der Waals surface area contributed by atoms with Gasteiger partial charge in [0.15, 0.2) is 10.6 Å². The van der Waals surface area contributed by atoms with Crippen molar-refractivity contribution in [3.8, 4) is 11.5 Å². The summed E-state index contributed by atoms with van der Waals surface area (Å²) in [6.45, 7) is 3.30. The van der Waals surface area contributed by atoms with Gasteiger partial charge in [-0.1, -0.05) is 53.8 Å². The van der Waals surface area contributed by atoms with Crippen LogP contribution in [0, 0.1) is 0 Å². The minimum Gasteiger partial charge on any atom is -0.508 e. The lowest BCUT2D eigenvalue weighted by Crippen LogP contribution is -2.39. The number of carbonyl (C=O) groups excluding carboxylic acids is 1. The molecule has 1 aliphatic rings. The highest BCUT2D eigenvalue weighted by Crippen LogP contribution is 2.40. The third-order valence-corrected chi connectivity index (χ3v) is 6.98. The maximum Gasteiger partial charge on any atom is 0.271 e. The van der Waals surface area contributed by atoms with Gasteiger partial charge in [0.05, 0.1) is 17.7 Å². The Bertz CT molecular complexity index is 1680. The van der Waals surface area contributed by atoms with Crippen LogP contribution in [0.25, 0.3) is 16.8 Å². The van der Waals surface area contributed by atoms with E-state index in [0.29, 0.717) is 31.9 Å². The highest BCUT2D eigenvalue weighted by atomic mass is 32.1. The van der Waals surface area contributed by atoms with E-state index in [1.165, 1.54) is 18.3 Å². The Morgan fingerprint density at radius 2 is 1.94 bits per heavy atom. The van der Waals surface area contributed by atoms with Crippen molar-refractivity contribution in [2.45, 2.75) is 19.9 Å². The number of nitrogens with zero attached hydrogens (tertiary/aromatic N) is 2. The third-order valence-electron chi connectivity index (χ3n) is 5.99. The van der Waals surface area contributed by atoms with Crippen molar-refractivity contribution >= 4 is 34.0 Å². The maximum atomic E-state index is 13.7. The number of carbonyl (C=O) groups is 1. The lowest BCUT2D eigenvalue weighted by Gasteiger charge is -2.27. The van der Waals surface area contributed by atoms with E-state index in [-0.39, 0.29) is 17.1 Å². The zero-order valence-corrected chi connectivity index (χ0v) is 19.7. The first-order valence-electron chi connectivity index (χ1n) is 10.8. The molecular weight excluding hydrogens is 448 g/mol. The molecule has 5 rings (SSSR count). The number of thiazole rings is 1. The molecule has 170 valence electrons. The van der Waals surface area contributed by atoms with Gasteiger partial charge in [-0.3, -0.25) is 14.2 Å². The molecule has 0 saturated carbocycles. The molecule has 1 aromatic heterocycles. The summed E-state index contributed by atoms with van der Waals surface area (Å²) in [5.74, 6) is 0.567. The van der Waals surface area contributed by atoms with Gasteiger partial charge >= 0.3 is 0 Å². The van der Waals surface area contributed by atoms with Gasteiger partial charge in [0.25, 0.3) is 5.56 Å². The van der Waals surface area contributed by atoms with E-state index < -0.39 is 6.04 Å². The molecule has 0 spiro atoms. The van der Waals surface area contributed by atoms with Crippen LogP contribution in [0.15, 0.2) is 81.7 Å². The molecule has 1 N–H and O–H groups in total. The maximum absolute atomic E-state index is 13.7. The van der Waals surface area contributed by atoms with Crippen molar-refractivity contribution < 1.29 is 14.6 Å². The molecular formula is C27H22N2O4S. The van der Waals surface area contributed by atoms with Gasteiger partial charge in [0.1, 0.15) is 11.5 Å². The van der Waals surface area contributed by atoms with Gasteiger partial charge < -0.3 is 9.84 Å². The van der Waals surface area contributed by atoms with Gasteiger partial charge in [-0.2, -0.15) is 0 Å². The first-order chi connectivity index (χ1) is 16.4. The van der Waals surface area contributed by atoms with Crippen molar-refractivity contribution in [1.29, 1.82) is 0 Å². The molecule has 2 heterocycles. The van der Waals surface area contributed by atoms with E-state index in [2.05, 4.69) is 4.99 Å². The summed E-state index contributed by atoms with van der Waals surface area (Å²) in [7, 11) is 1.59. The number of fused-ring (bicyclic) bond motifs is 2. The summed E-state index contributed by atoms with van der Waals surface area (Å²) in [5, 5.41) is 11.7. The summed E-state index contributed by atoms with van der Waals surface area (Å²) in [6, 6.07) is 17.7. The number of ketones is 1. The predicted octanol–water partition coefficient (Wildman–Crippen LogP) is 3.69. The fourth-order valence-corrected chi connectivity index (χ4v) is 5.59. The van der Waals surface area contributed by atoms with Crippen LogP contribution in [0.3, 0.4) is 0 Å². The van der Waals surface area contributed by atoms with Crippen LogP contribution < -0.4 is 19.6 Å². The second-order valence-electron chi connectivity index (χ2n) is 8.14. The number of hydrogen-bond donors (Lipinski definition) is 1. The van der Waals surface area contributed by atoms with E-state index in [4.69, 9.17) is 4.74 Å². The zero-order valence-electron chi connectivity index (χ0n) is 18.9. The Kier molecular flexibility index (Phi) is 5.42.